The number of nitro benzene ring substituents is 1. The number of hydrogen-bond acceptors (Lipinski definition) is 7. The van der Waals surface area contributed by atoms with Gasteiger partial charge >= 0.3 is 5.97 Å². The number of esters is 1. The third-order valence-corrected chi connectivity index (χ3v) is 3.80. The molecular formula is C19H19N3O6. The van der Waals surface area contributed by atoms with Crippen molar-refractivity contribution in [2.24, 2.45) is 0 Å². The van der Waals surface area contributed by atoms with Gasteiger partial charge < -0.3 is 15.0 Å². The summed E-state index contributed by atoms with van der Waals surface area (Å²) in [6.07, 6.45) is 0. The van der Waals surface area contributed by atoms with Gasteiger partial charge in [-0.15, -0.1) is 0 Å². The van der Waals surface area contributed by atoms with Crippen molar-refractivity contribution in [3.8, 4) is 0 Å². The van der Waals surface area contributed by atoms with Gasteiger partial charge in [-0.05, 0) is 43.3 Å². The number of nitrogens with one attached hydrogen (secondary N) is 1. The third-order valence-electron chi connectivity index (χ3n) is 3.80. The Bertz CT molecular complexity index is 922. The number of rotatable bonds is 7. The van der Waals surface area contributed by atoms with Crippen molar-refractivity contribution in [1.29, 1.82) is 0 Å². The van der Waals surface area contributed by atoms with Crippen LogP contribution in [0.5, 0.6) is 0 Å². The van der Waals surface area contributed by atoms with Gasteiger partial charge in [0.1, 0.15) is 5.69 Å². The normalized spacial score (nSPS) is 10.1. The highest BCUT2D eigenvalue weighted by Crippen LogP contribution is 2.27. The number of ketones is 1. The van der Waals surface area contributed by atoms with Crippen LogP contribution >= 0.6 is 0 Å². The zero-order chi connectivity index (χ0) is 20.8. The Hall–Kier alpha value is -3.75. The molecule has 0 aromatic heterocycles. The van der Waals surface area contributed by atoms with Crippen LogP contribution in [0.4, 0.5) is 17.1 Å². The molecule has 0 radical (unpaired) electrons. The van der Waals surface area contributed by atoms with Gasteiger partial charge in [-0.25, -0.2) is 4.79 Å². The highest BCUT2D eigenvalue weighted by molar-refractivity contribution is 5.97. The van der Waals surface area contributed by atoms with Crippen LogP contribution in [0, 0.1) is 10.1 Å². The Morgan fingerprint density at radius 1 is 1.07 bits per heavy atom. The highest BCUT2D eigenvalue weighted by atomic mass is 16.6. The molecule has 0 saturated carbocycles. The van der Waals surface area contributed by atoms with Gasteiger partial charge in [-0.2, -0.15) is 0 Å². The van der Waals surface area contributed by atoms with Crippen molar-refractivity contribution in [1.82, 2.24) is 0 Å². The van der Waals surface area contributed by atoms with Crippen molar-refractivity contribution >= 4 is 34.7 Å². The van der Waals surface area contributed by atoms with E-state index in [0.29, 0.717) is 16.9 Å². The maximum absolute atomic E-state index is 12.1. The number of nitrogens with zero attached hydrogens (tertiary/aromatic N) is 2. The Morgan fingerprint density at radius 3 is 2.21 bits per heavy atom. The number of nitro groups is 1. The predicted molar refractivity (Wildman–Crippen MR) is 103 cm³/mol. The van der Waals surface area contributed by atoms with Gasteiger partial charge in [0.25, 0.3) is 11.6 Å². The van der Waals surface area contributed by atoms with Crippen LogP contribution in [0.1, 0.15) is 27.6 Å². The Kier molecular flexibility index (Phi) is 6.43. The first-order chi connectivity index (χ1) is 13.2. The fourth-order valence-electron chi connectivity index (χ4n) is 2.37. The van der Waals surface area contributed by atoms with E-state index in [2.05, 4.69) is 5.32 Å². The van der Waals surface area contributed by atoms with Gasteiger partial charge in [0.15, 0.2) is 12.4 Å². The lowest BCUT2D eigenvalue weighted by molar-refractivity contribution is -0.384. The zero-order valence-corrected chi connectivity index (χ0v) is 15.6. The fourth-order valence-corrected chi connectivity index (χ4v) is 2.37. The van der Waals surface area contributed by atoms with Crippen LogP contribution < -0.4 is 10.2 Å². The van der Waals surface area contributed by atoms with E-state index in [1.54, 1.807) is 43.3 Å². The number of carbonyl (C=O) groups is 3. The smallest absolute Gasteiger partial charge is 0.338 e. The average molecular weight is 385 g/mol. The number of Topliss-reactive ketones (excluding diaryl/α,β-unsaturated/α-hetero) is 1. The second-order valence-electron chi connectivity index (χ2n) is 6.11. The molecule has 0 heterocycles. The van der Waals surface area contributed by atoms with Gasteiger partial charge in [0, 0.05) is 31.4 Å². The van der Waals surface area contributed by atoms with Gasteiger partial charge in [0.2, 0.25) is 0 Å². The molecule has 1 amide bonds. The van der Waals surface area contributed by atoms with E-state index < -0.39 is 23.4 Å². The summed E-state index contributed by atoms with van der Waals surface area (Å²) < 4.78 is 4.92. The van der Waals surface area contributed by atoms with Crippen LogP contribution in [0.15, 0.2) is 42.5 Å². The second kappa shape index (κ2) is 8.76. The molecule has 1 N–H and O–H groups in total. The molecule has 0 aliphatic carbocycles. The van der Waals surface area contributed by atoms with E-state index in [1.165, 1.54) is 19.1 Å². The first-order valence-electron chi connectivity index (χ1n) is 8.22. The van der Waals surface area contributed by atoms with E-state index in [0.717, 1.165) is 6.07 Å². The van der Waals surface area contributed by atoms with Crippen LogP contribution in [-0.2, 0) is 9.53 Å². The SMILES string of the molecule is CC(=O)c1ccc(NC(=O)COC(=O)c2ccc(N(C)C)c([N+](=O)[O-])c2)cc1. The number of anilines is 2. The quantitative estimate of drug-likeness (QED) is 0.337. The molecular weight excluding hydrogens is 366 g/mol. The third kappa shape index (κ3) is 5.13. The maximum atomic E-state index is 12.1. The highest BCUT2D eigenvalue weighted by Gasteiger charge is 2.20. The summed E-state index contributed by atoms with van der Waals surface area (Å²) in [5.41, 5.74) is 1.02. The molecule has 0 atom stereocenters. The molecule has 0 bridgehead atoms. The lowest BCUT2D eigenvalue weighted by atomic mass is 10.1. The van der Waals surface area contributed by atoms with Gasteiger partial charge in [-0.1, -0.05) is 0 Å². The molecule has 9 heteroatoms. The molecule has 0 aliphatic rings. The molecule has 2 aromatic carbocycles. The number of hydrogen-bond donors (Lipinski definition) is 1. The number of amides is 1. The summed E-state index contributed by atoms with van der Waals surface area (Å²) >= 11 is 0. The molecule has 9 nitrogen and oxygen atoms in total. The van der Waals surface area contributed by atoms with Crippen molar-refractivity contribution in [3.63, 3.8) is 0 Å². The van der Waals surface area contributed by atoms with E-state index in [-0.39, 0.29) is 17.0 Å². The minimum absolute atomic E-state index is 0.0316. The van der Waals surface area contributed by atoms with Gasteiger partial charge in [-0.3, -0.25) is 19.7 Å². The standard InChI is InChI=1S/C19H19N3O6/c1-12(23)13-4-7-15(8-5-13)20-18(24)11-28-19(25)14-6-9-16(21(2)3)17(10-14)22(26)27/h4-10H,11H2,1-3H3,(H,20,24). The largest absolute Gasteiger partial charge is 0.452 e. The summed E-state index contributed by atoms with van der Waals surface area (Å²) in [5.74, 6) is -1.53. The maximum Gasteiger partial charge on any atom is 0.338 e. The molecule has 0 fully saturated rings. The first kappa shape index (κ1) is 20.6. The predicted octanol–water partition coefficient (Wildman–Crippen LogP) is 2.66. The number of carbonyl (C=O) groups excluding carboxylic acids is 3. The average Bonchev–Trinajstić information content (AvgIpc) is 2.65. The minimum Gasteiger partial charge on any atom is -0.452 e. The monoisotopic (exact) mass is 385 g/mol. The van der Waals surface area contributed by atoms with Crippen molar-refractivity contribution < 1.29 is 24.0 Å². The molecule has 0 unspecified atom stereocenters. The van der Waals surface area contributed by atoms with Crippen LogP contribution in [0.2, 0.25) is 0 Å². The minimum atomic E-state index is -0.851. The molecule has 0 saturated heterocycles. The van der Waals surface area contributed by atoms with Crippen molar-refractivity contribution in [2.45, 2.75) is 6.92 Å². The molecule has 0 spiro atoms. The van der Waals surface area contributed by atoms with Crippen molar-refractivity contribution in [3.05, 3.63) is 63.7 Å². The summed E-state index contributed by atoms with van der Waals surface area (Å²) in [4.78, 5) is 47.4. The molecule has 28 heavy (non-hydrogen) atoms. The molecule has 0 aliphatic heterocycles. The van der Waals surface area contributed by atoms with Crippen LogP contribution in [-0.4, -0.2) is 43.3 Å². The summed E-state index contributed by atoms with van der Waals surface area (Å²) in [6.45, 7) is 0.874. The second-order valence-corrected chi connectivity index (χ2v) is 6.11. The van der Waals surface area contributed by atoms with Crippen LogP contribution in [0.25, 0.3) is 0 Å². The van der Waals surface area contributed by atoms with E-state index in [9.17, 15) is 24.5 Å². The lowest BCUT2D eigenvalue weighted by Gasteiger charge is -2.13. The lowest BCUT2D eigenvalue weighted by Crippen LogP contribution is -2.21. The Labute approximate surface area is 161 Å². The Morgan fingerprint density at radius 2 is 1.68 bits per heavy atom. The van der Waals surface area contributed by atoms with E-state index >= 15 is 0 Å². The summed E-state index contributed by atoms with van der Waals surface area (Å²) in [6, 6.07) is 10.2. The molecule has 146 valence electrons. The van der Waals surface area contributed by atoms with Crippen LogP contribution in [0.3, 0.4) is 0 Å². The molecule has 2 rings (SSSR count). The summed E-state index contributed by atoms with van der Waals surface area (Å²) in [7, 11) is 3.29. The topological polar surface area (TPSA) is 119 Å². The Balaban J connectivity index is 1.99. The van der Waals surface area contributed by atoms with Gasteiger partial charge in [0.05, 0.1) is 10.5 Å². The number of benzene rings is 2. The zero-order valence-electron chi connectivity index (χ0n) is 15.6. The molecule has 2 aromatic rings. The summed E-state index contributed by atoms with van der Waals surface area (Å²) in [5, 5.41) is 13.7. The van der Waals surface area contributed by atoms with Crippen molar-refractivity contribution in [2.75, 3.05) is 30.9 Å². The number of ether oxygens (including phenoxy) is 1. The fraction of sp³-hybridized carbons (Fsp3) is 0.211. The van der Waals surface area contributed by atoms with E-state index in [4.69, 9.17) is 4.74 Å². The van der Waals surface area contributed by atoms with E-state index in [1.807, 2.05) is 0 Å². The first-order valence-corrected chi connectivity index (χ1v) is 8.22.